The van der Waals surface area contributed by atoms with E-state index in [0.29, 0.717) is 30.9 Å². The Balaban J connectivity index is 1.91. The number of amides is 1. The third-order valence-corrected chi connectivity index (χ3v) is 3.77. The van der Waals surface area contributed by atoms with Crippen LogP contribution >= 0.6 is 0 Å². The lowest BCUT2D eigenvalue weighted by Gasteiger charge is -2.24. The number of fused-ring (bicyclic) bond motifs is 1. The molecular formula is C11H20N2O2. The predicted octanol–water partition coefficient (Wildman–Crippen LogP) is 0.0892. The summed E-state index contributed by atoms with van der Waals surface area (Å²) in [5.74, 6) is 1.58. The number of likely N-dealkylation sites (tertiary alicyclic amines) is 1. The smallest absolute Gasteiger partial charge is 0.225 e. The predicted molar refractivity (Wildman–Crippen MR) is 57.5 cm³/mol. The van der Waals surface area contributed by atoms with E-state index in [1.165, 1.54) is 0 Å². The van der Waals surface area contributed by atoms with Crippen molar-refractivity contribution in [1.82, 2.24) is 10.2 Å². The summed E-state index contributed by atoms with van der Waals surface area (Å²) in [5, 5.41) is 3.39. The monoisotopic (exact) mass is 212 g/mol. The van der Waals surface area contributed by atoms with E-state index in [0.717, 1.165) is 19.6 Å². The molecule has 0 aromatic heterocycles. The lowest BCUT2D eigenvalue weighted by atomic mass is 9.95. The molecule has 15 heavy (non-hydrogen) atoms. The molecule has 4 heteroatoms. The van der Waals surface area contributed by atoms with Crippen LogP contribution < -0.4 is 5.32 Å². The molecule has 0 aromatic carbocycles. The molecule has 0 spiro atoms. The van der Waals surface area contributed by atoms with Crippen molar-refractivity contribution in [3.63, 3.8) is 0 Å². The van der Waals surface area contributed by atoms with Crippen molar-refractivity contribution in [3.8, 4) is 0 Å². The van der Waals surface area contributed by atoms with Crippen LogP contribution in [0.4, 0.5) is 0 Å². The highest BCUT2D eigenvalue weighted by Gasteiger charge is 2.43. The van der Waals surface area contributed by atoms with E-state index in [2.05, 4.69) is 12.2 Å². The summed E-state index contributed by atoms with van der Waals surface area (Å²) in [6.07, 6.45) is 0.522. The Morgan fingerprint density at radius 1 is 1.53 bits per heavy atom. The Hall–Kier alpha value is -0.610. The van der Waals surface area contributed by atoms with Crippen molar-refractivity contribution in [2.45, 2.75) is 19.4 Å². The summed E-state index contributed by atoms with van der Waals surface area (Å²) in [6.45, 7) is 5.78. The molecule has 2 rings (SSSR count). The average molecular weight is 212 g/mol. The summed E-state index contributed by atoms with van der Waals surface area (Å²) in [5.41, 5.74) is 0. The minimum atomic E-state index is 0.249. The zero-order chi connectivity index (χ0) is 10.8. The standard InChI is InChI=1S/C11H20N2O2/c1-8-10-6-12-5-9(10)7-13(8)11(14)3-4-15-2/h8-10,12H,3-7H2,1-2H3. The number of methoxy groups -OCH3 is 1. The molecule has 2 saturated heterocycles. The fourth-order valence-electron chi connectivity index (χ4n) is 2.83. The second kappa shape index (κ2) is 4.49. The van der Waals surface area contributed by atoms with Crippen LogP contribution in [0.15, 0.2) is 0 Å². The molecule has 3 unspecified atom stereocenters. The van der Waals surface area contributed by atoms with Gasteiger partial charge in [0.05, 0.1) is 13.0 Å². The number of hydrogen-bond donors (Lipinski definition) is 1. The minimum absolute atomic E-state index is 0.249. The van der Waals surface area contributed by atoms with E-state index in [9.17, 15) is 4.79 Å². The summed E-state index contributed by atoms with van der Waals surface area (Å²) < 4.78 is 4.94. The Kier molecular flexibility index (Phi) is 3.26. The maximum Gasteiger partial charge on any atom is 0.225 e. The van der Waals surface area contributed by atoms with Gasteiger partial charge in [-0.2, -0.15) is 0 Å². The second-order valence-electron chi connectivity index (χ2n) is 4.61. The van der Waals surface area contributed by atoms with Crippen molar-refractivity contribution >= 4 is 5.91 Å². The Bertz CT molecular complexity index is 245. The molecule has 1 amide bonds. The summed E-state index contributed by atoms with van der Waals surface area (Å²) >= 11 is 0. The summed E-state index contributed by atoms with van der Waals surface area (Å²) in [7, 11) is 1.64. The van der Waals surface area contributed by atoms with Crippen LogP contribution in [0.25, 0.3) is 0 Å². The molecule has 0 aliphatic carbocycles. The largest absolute Gasteiger partial charge is 0.384 e. The highest BCUT2D eigenvalue weighted by Crippen LogP contribution is 2.32. The molecule has 1 N–H and O–H groups in total. The number of carbonyl (C=O) groups is 1. The van der Waals surface area contributed by atoms with Crippen LogP contribution in [0, 0.1) is 11.8 Å². The molecular weight excluding hydrogens is 192 g/mol. The van der Waals surface area contributed by atoms with E-state index in [-0.39, 0.29) is 5.91 Å². The van der Waals surface area contributed by atoms with Gasteiger partial charge >= 0.3 is 0 Å². The molecule has 3 atom stereocenters. The molecule has 2 heterocycles. The van der Waals surface area contributed by atoms with Gasteiger partial charge in [0.1, 0.15) is 0 Å². The van der Waals surface area contributed by atoms with Crippen LogP contribution in [0.2, 0.25) is 0 Å². The number of nitrogens with zero attached hydrogens (tertiary/aromatic N) is 1. The van der Waals surface area contributed by atoms with Gasteiger partial charge < -0.3 is 15.0 Å². The third-order valence-electron chi connectivity index (χ3n) is 3.77. The van der Waals surface area contributed by atoms with E-state index >= 15 is 0 Å². The number of ether oxygens (including phenoxy) is 1. The first kappa shape index (κ1) is 10.9. The maximum absolute atomic E-state index is 11.9. The van der Waals surface area contributed by atoms with Gasteiger partial charge in [-0.3, -0.25) is 4.79 Å². The van der Waals surface area contributed by atoms with Crippen molar-refractivity contribution < 1.29 is 9.53 Å². The van der Waals surface area contributed by atoms with Crippen LogP contribution in [-0.2, 0) is 9.53 Å². The fourth-order valence-corrected chi connectivity index (χ4v) is 2.83. The van der Waals surface area contributed by atoms with Gasteiger partial charge in [0.15, 0.2) is 0 Å². The van der Waals surface area contributed by atoms with Gasteiger partial charge in [0.2, 0.25) is 5.91 Å². The second-order valence-corrected chi connectivity index (χ2v) is 4.61. The number of carbonyl (C=O) groups excluding carboxylic acids is 1. The van der Waals surface area contributed by atoms with Gasteiger partial charge in [-0.1, -0.05) is 0 Å². The van der Waals surface area contributed by atoms with Crippen LogP contribution in [0.1, 0.15) is 13.3 Å². The van der Waals surface area contributed by atoms with Gasteiger partial charge in [0.25, 0.3) is 0 Å². The minimum Gasteiger partial charge on any atom is -0.384 e. The molecule has 2 aliphatic rings. The SMILES string of the molecule is COCCC(=O)N1CC2CNCC2C1C. The van der Waals surface area contributed by atoms with Crippen molar-refractivity contribution in [3.05, 3.63) is 0 Å². The molecule has 0 aromatic rings. The van der Waals surface area contributed by atoms with Crippen molar-refractivity contribution in [2.75, 3.05) is 33.4 Å². The maximum atomic E-state index is 11.9. The number of hydrogen-bond acceptors (Lipinski definition) is 3. The molecule has 2 aliphatic heterocycles. The lowest BCUT2D eigenvalue weighted by molar-refractivity contribution is -0.133. The van der Waals surface area contributed by atoms with Gasteiger partial charge in [-0.15, -0.1) is 0 Å². The molecule has 0 radical (unpaired) electrons. The van der Waals surface area contributed by atoms with Gasteiger partial charge in [-0.05, 0) is 18.8 Å². The number of rotatable bonds is 3. The Morgan fingerprint density at radius 3 is 3.00 bits per heavy atom. The van der Waals surface area contributed by atoms with Crippen LogP contribution in [0.3, 0.4) is 0 Å². The zero-order valence-electron chi connectivity index (χ0n) is 9.53. The molecule has 2 fully saturated rings. The van der Waals surface area contributed by atoms with E-state index < -0.39 is 0 Å². The van der Waals surface area contributed by atoms with Gasteiger partial charge in [-0.25, -0.2) is 0 Å². The fraction of sp³-hybridized carbons (Fsp3) is 0.909. The van der Waals surface area contributed by atoms with Crippen molar-refractivity contribution in [1.29, 1.82) is 0 Å². The summed E-state index contributed by atoms with van der Waals surface area (Å²) in [4.78, 5) is 13.9. The van der Waals surface area contributed by atoms with Crippen LogP contribution in [-0.4, -0.2) is 50.2 Å². The number of nitrogens with one attached hydrogen (secondary N) is 1. The molecule has 0 saturated carbocycles. The Labute approximate surface area is 91.0 Å². The molecule has 86 valence electrons. The average Bonchev–Trinajstić information content (AvgIpc) is 2.78. The summed E-state index contributed by atoms with van der Waals surface area (Å²) in [6, 6.07) is 0.398. The van der Waals surface area contributed by atoms with Crippen molar-refractivity contribution in [2.24, 2.45) is 11.8 Å². The zero-order valence-corrected chi connectivity index (χ0v) is 9.53. The topological polar surface area (TPSA) is 41.6 Å². The van der Waals surface area contributed by atoms with E-state index in [4.69, 9.17) is 4.74 Å². The van der Waals surface area contributed by atoms with E-state index in [1.807, 2.05) is 4.90 Å². The van der Waals surface area contributed by atoms with Crippen LogP contribution in [0.5, 0.6) is 0 Å². The van der Waals surface area contributed by atoms with Gasteiger partial charge in [0, 0.05) is 32.8 Å². The van der Waals surface area contributed by atoms with E-state index in [1.54, 1.807) is 7.11 Å². The normalized spacial score (nSPS) is 34.5. The molecule has 0 bridgehead atoms. The highest BCUT2D eigenvalue weighted by atomic mass is 16.5. The Morgan fingerprint density at radius 2 is 2.33 bits per heavy atom. The quantitative estimate of drug-likeness (QED) is 0.721. The molecule has 4 nitrogen and oxygen atoms in total. The third kappa shape index (κ3) is 2.01. The lowest BCUT2D eigenvalue weighted by Crippen LogP contribution is -2.38. The first-order valence-corrected chi connectivity index (χ1v) is 5.73. The first-order chi connectivity index (χ1) is 7.24. The highest BCUT2D eigenvalue weighted by molar-refractivity contribution is 5.77. The first-order valence-electron chi connectivity index (χ1n) is 5.73.